The minimum absolute atomic E-state index is 0.255. The average molecular weight is 362 g/mol. The summed E-state index contributed by atoms with van der Waals surface area (Å²) in [6, 6.07) is 1.51. The van der Waals surface area contributed by atoms with Gasteiger partial charge in [0.15, 0.2) is 0 Å². The second-order valence-electron chi connectivity index (χ2n) is 8.49. The van der Waals surface area contributed by atoms with Gasteiger partial charge in [-0.25, -0.2) is 0 Å². The first-order valence-electron chi connectivity index (χ1n) is 10.8. The molecule has 148 valence electrons. The predicted octanol–water partition coefficient (Wildman–Crippen LogP) is 5.21. The van der Waals surface area contributed by atoms with Crippen LogP contribution in [0.5, 0.6) is 0 Å². The van der Waals surface area contributed by atoms with Gasteiger partial charge in [0.1, 0.15) is 6.29 Å². The average Bonchev–Trinajstić information content (AvgIpc) is 3.19. The Morgan fingerprint density at radius 2 is 1.73 bits per heavy atom. The molecule has 1 aliphatic carbocycles. The van der Waals surface area contributed by atoms with Gasteiger partial charge in [0.05, 0.1) is 12.2 Å². The van der Waals surface area contributed by atoms with Crippen molar-refractivity contribution in [3.8, 4) is 0 Å². The number of hydrogen-bond acceptors (Lipinski definition) is 3. The first-order chi connectivity index (χ1) is 12.5. The Bertz CT molecular complexity index is 511. The van der Waals surface area contributed by atoms with Gasteiger partial charge in [-0.2, -0.15) is 5.10 Å². The van der Waals surface area contributed by atoms with Gasteiger partial charge < -0.3 is 9.69 Å². The van der Waals surface area contributed by atoms with Crippen molar-refractivity contribution in [1.29, 1.82) is 0 Å². The van der Waals surface area contributed by atoms with E-state index in [0.717, 1.165) is 18.7 Å². The van der Waals surface area contributed by atoms with E-state index in [1.165, 1.54) is 63.6 Å². The molecule has 26 heavy (non-hydrogen) atoms. The summed E-state index contributed by atoms with van der Waals surface area (Å²) in [4.78, 5) is 12.5. The summed E-state index contributed by atoms with van der Waals surface area (Å²) in [5.41, 5.74) is 1.37. The Hall–Kier alpha value is -1.16. The van der Waals surface area contributed by atoms with Crippen LogP contribution in [-0.2, 0) is 4.79 Å². The lowest BCUT2D eigenvalue weighted by Gasteiger charge is -2.39. The molecular weight excluding hydrogens is 322 g/mol. The largest absolute Gasteiger partial charge is 0.303 e. The van der Waals surface area contributed by atoms with Crippen molar-refractivity contribution in [3.05, 3.63) is 18.0 Å². The van der Waals surface area contributed by atoms with Crippen molar-refractivity contribution in [2.24, 2.45) is 5.92 Å². The Morgan fingerprint density at radius 1 is 1.08 bits per heavy atom. The molecule has 2 fully saturated rings. The zero-order valence-corrected chi connectivity index (χ0v) is 17.4. The molecule has 4 nitrogen and oxygen atoms in total. The van der Waals surface area contributed by atoms with Crippen molar-refractivity contribution in [1.82, 2.24) is 14.7 Å². The number of carbonyl (C=O) groups excluding carboxylic acids is 1. The molecule has 1 aliphatic heterocycles. The summed E-state index contributed by atoms with van der Waals surface area (Å²) in [7, 11) is 0. The molecule has 0 radical (unpaired) electrons. The van der Waals surface area contributed by atoms with Gasteiger partial charge in [-0.15, -0.1) is 0 Å². The third-order valence-electron chi connectivity index (χ3n) is 6.13. The molecule has 4 heteroatoms. The SMILES string of the molecule is CC(C)c1cnn(C2CCN(C3CCCCC3)CC2)c1.CCC(C)C=O. The van der Waals surface area contributed by atoms with E-state index in [1.807, 2.05) is 13.8 Å². The summed E-state index contributed by atoms with van der Waals surface area (Å²) >= 11 is 0. The molecular formula is C22H39N3O. The molecule has 0 aromatic carbocycles. The topological polar surface area (TPSA) is 38.1 Å². The van der Waals surface area contributed by atoms with Crippen molar-refractivity contribution >= 4 is 6.29 Å². The standard InChI is InChI=1S/C17H29N3.C5H10O/c1-14(2)15-12-18-20(13-15)17-8-10-19(11-9-17)16-6-4-3-5-7-16;1-3-5(2)4-6/h12-14,16-17H,3-11H2,1-2H3;4-5H,3H2,1-2H3. The monoisotopic (exact) mass is 361 g/mol. The van der Waals surface area contributed by atoms with Crippen LogP contribution in [0.2, 0.25) is 0 Å². The molecule has 1 aromatic heterocycles. The fraction of sp³-hybridized carbons (Fsp3) is 0.818. The second kappa shape index (κ2) is 10.9. The van der Waals surface area contributed by atoms with Crippen molar-refractivity contribution in [2.75, 3.05) is 13.1 Å². The van der Waals surface area contributed by atoms with Gasteiger partial charge in [0.2, 0.25) is 0 Å². The molecule has 1 saturated heterocycles. The third kappa shape index (κ3) is 6.22. The van der Waals surface area contributed by atoms with E-state index in [4.69, 9.17) is 0 Å². The van der Waals surface area contributed by atoms with E-state index < -0.39 is 0 Å². The Kier molecular flexibility index (Phi) is 8.83. The number of likely N-dealkylation sites (tertiary alicyclic amines) is 1. The van der Waals surface area contributed by atoms with Gasteiger partial charge in [0.25, 0.3) is 0 Å². The van der Waals surface area contributed by atoms with E-state index in [9.17, 15) is 4.79 Å². The van der Waals surface area contributed by atoms with Crippen LogP contribution in [0.4, 0.5) is 0 Å². The van der Waals surface area contributed by atoms with Crippen LogP contribution in [0.1, 0.15) is 96.6 Å². The van der Waals surface area contributed by atoms with E-state index >= 15 is 0 Å². The summed E-state index contributed by atoms with van der Waals surface area (Å²) < 4.78 is 2.23. The van der Waals surface area contributed by atoms with Gasteiger partial charge in [-0.05, 0) is 43.6 Å². The summed E-state index contributed by atoms with van der Waals surface area (Å²) in [5, 5.41) is 4.60. The van der Waals surface area contributed by atoms with Crippen LogP contribution < -0.4 is 0 Å². The van der Waals surface area contributed by atoms with Crippen LogP contribution in [0, 0.1) is 5.92 Å². The quantitative estimate of drug-likeness (QED) is 0.676. The molecule has 0 N–H and O–H groups in total. The Morgan fingerprint density at radius 3 is 2.19 bits per heavy atom. The molecule has 0 spiro atoms. The van der Waals surface area contributed by atoms with Crippen LogP contribution in [0.15, 0.2) is 12.4 Å². The zero-order chi connectivity index (χ0) is 18.9. The second-order valence-corrected chi connectivity index (χ2v) is 8.49. The van der Waals surface area contributed by atoms with Gasteiger partial charge in [0, 0.05) is 31.2 Å². The zero-order valence-electron chi connectivity index (χ0n) is 17.4. The predicted molar refractivity (Wildman–Crippen MR) is 109 cm³/mol. The molecule has 2 aliphatic rings. The number of aldehydes is 1. The maximum absolute atomic E-state index is 9.74. The van der Waals surface area contributed by atoms with Crippen molar-refractivity contribution in [3.63, 3.8) is 0 Å². The molecule has 1 aromatic rings. The highest BCUT2D eigenvalue weighted by Crippen LogP contribution is 2.29. The first-order valence-corrected chi connectivity index (χ1v) is 10.8. The number of hydrogen-bond donors (Lipinski definition) is 0. The Labute approximate surface area is 160 Å². The van der Waals surface area contributed by atoms with Gasteiger partial charge in [-0.1, -0.05) is 47.0 Å². The molecule has 2 heterocycles. The molecule has 1 atom stereocenters. The highest BCUT2D eigenvalue weighted by molar-refractivity contribution is 5.52. The number of rotatable bonds is 5. The molecule has 3 rings (SSSR count). The maximum atomic E-state index is 9.74. The van der Waals surface area contributed by atoms with E-state index in [1.54, 1.807) is 0 Å². The normalized spacial score (nSPS) is 21.3. The highest BCUT2D eigenvalue weighted by Gasteiger charge is 2.27. The lowest BCUT2D eigenvalue weighted by atomic mass is 9.92. The van der Waals surface area contributed by atoms with Crippen LogP contribution in [0.25, 0.3) is 0 Å². The van der Waals surface area contributed by atoms with E-state index in [-0.39, 0.29) is 5.92 Å². The molecule has 1 saturated carbocycles. The third-order valence-corrected chi connectivity index (χ3v) is 6.13. The number of nitrogens with zero attached hydrogens (tertiary/aromatic N) is 3. The van der Waals surface area contributed by atoms with Crippen LogP contribution in [0.3, 0.4) is 0 Å². The summed E-state index contributed by atoms with van der Waals surface area (Å²) in [6.07, 6.45) is 16.0. The van der Waals surface area contributed by atoms with Gasteiger partial charge >= 0.3 is 0 Å². The number of carbonyl (C=O) groups is 1. The van der Waals surface area contributed by atoms with Crippen LogP contribution in [-0.4, -0.2) is 40.1 Å². The van der Waals surface area contributed by atoms with Crippen LogP contribution >= 0.6 is 0 Å². The Balaban J connectivity index is 0.000000352. The minimum Gasteiger partial charge on any atom is -0.303 e. The van der Waals surface area contributed by atoms with Crippen molar-refractivity contribution < 1.29 is 4.79 Å². The van der Waals surface area contributed by atoms with Gasteiger partial charge in [-0.3, -0.25) is 4.68 Å². The number of aromatic nitrogens is 2. The lowest BCUT2D eigenvalue weighted by molar-refractivity contribution is -0.110. The van der Waals surface area contributed by atoms with E-state index in [2.05, 4.69) is 40.9 Å². The maximum Gasteiger partial charge on any atom is 0.122 e. The fourth-order valence-corrected chi connectivity index (χ4v) is 3.91. The molecule has 0 bridgehead atoms. The minimum atomic E-state index is 0.255. The summed E-state index contributed by atoms with van der Waals surface area (Å²) in [6.45, 7) is 10.9. The molecule has 0 amide bonds. The molecule has 1 unspecified atom stereocenters. The smallest absolute Gasteiger partial charge is 0.122 e. The summed E-state index contributed by atoms with van der Waals surface area (Å²) in [5.74, 6) is 0.844. The first kappa shape index (κ1) is 21.1. The highest BCUT2D eigenvalue weighted by atomic mass is 16.1. The lowest BCUT2D eigenvalue weighted by Crippen LogP contribution is -2.42. The number of piperidine rings is 1. The van der Waals surface area contributed by atoms with E-state index in [0.29, 0.717) is 12.0 Å². The van der Waals surface area contributed by atoms with Crippen molar-refractivity contribution in [2.45, 2.75) is 97.1 Å². The fourth-order valence-electron chi connectivity index (χ4n) is 3.91.